The number of aromatic nitrogens is 2. The zero-order valence-corrected chi connectivity index (χ0v) is 24.6. The van der Waals surface area contributed by atoms with E-state index in [1.54, 1.807) is 24.3 Å². The number of carbonyl (C=O) groups is 1. The average molecular weight is 612 g/mol. The molecule has 4 aromatic rings. The Hall–Kier alpha value is -3.69. The van der Waals surface area contributed by atoms with Gasteiger partial charge in [0.1, 0.15) is 5.82 Å². The number of amides is 1. The van der Waals surface area contributed by atoms with Crippen molar-refractivity contribution in [2.24, 2.45) is 5.10 Å². The molecule has 0 radical (unpaired) electrons. The largest absolute Gasteiger partial charge is 0.493 e. The maximum absolute atomic E-state index is 13.5. The van der Waals surface area contributed by atoms with Gasteiger partial charge in [0.2, 0.25) is 0 Å². The Bertz CT molecular complexity index is 1640. The molecule has 1 N–H and O–H groups in total. The summed E-state index contributed by atoms with van der Waals surface area (Å²) in [7, 11) is 1.47. The van der Waals surface area contributed by atoms with Crippen LogP contribution in [0.5, 0.6) is 11.5 Å². The minimum atomic E-state index is -0.489. The van der Waals surface area contributed by atoms with Crippen molar-refractivity contribution < 1.29 is 14.3 Å². The molecule has 0 aliphatic rings. The number of carbonyl (C=O) groups excluding carboxylic acids is 1. The highest BCUT2D eigenvalue weighted by Gasteiger charge is 2.23. The fourth-order valence-corrected chi connectivity index (χ4v) is 4.47. The van der Waals surface area contributed by atoms with Crippen molar-refractivity contribution in [2.75, 3.05) is 19.0 Å². The maximum atomic E-state index is 13.5. The van der Waals surface area contributed by atoms with Crippen molar-refractivity contribution in [1.29, 1.82) is 0 Å². The fraction of sp³-hybridized carbons (Fsp3) is 0.241. The van der Waals surface area contributed by atoms with Crippen LogP contribution in [0.1, 0.15) is 37.7 Å². The number of nitrogens with zero attached hydrogens (tertiary/aromatic N) is 3. The minimum absolute atomic E-state index is 0.257. The lowest BCUT2D eigenvalue weighted by Crippen LogP contribution is -2.29. The Labute approximate surface area is 239 Å². The van der Waals surface area contributed by atoms with Crippen LogP contribution in [0.2, 0.25) is 5.02 Å². The highest BCUT2D eigenvalue weighted by atomic mass is 79.9. The van der Waals surface area contributed by atoms with Crippen LogP contribution in [0.25, 0.3) is 10.9 Å². The van der Waals surface area contributed by atoms with Gasteiger partial charge >= 0.3 is 0 Å². The highest BCUT2D eigenvalue weighted by Crippen LogP contribution is 2.34. The van der Waals surface area contributed by atoms with Gasteiger partial charge in [-0.25, -0.2) is 4.98 Å². The molecule has 0 saturated heterocycles. The molecule has 1 aromatic heterocycles. The molecule has 0 bridgehead atoms. The van der Waals surface area contributed by atoms with Crippen LogP contribution >= 0.6 is 27.5 Å². The summed E-state index contributed by atoms with van der Waals surface area (Å²) < 4.78 is 13.4. The Balaban J connectivity index is 1.73. The van der Waals surface area contributed by atoms with Gasteiger partial charge in [-0.1, -0.05) is 66.5 Å². The SMILES string of the molecule is COc1cc(Cl)cc(C=Nn2c(C(C)(C)C)nc3ccc(Br)cc3c2=O)c1OCC(=O)Nc1ccccc1C. The first-order valence-electron chi connectivity index (χ1n) is 12.1. The third-order valence-corrected chi connectivity index (χ3v) is 6.54. The van der Waals surface area contributed by atoms with Crippen LogP contribution in [-0.2, 0) is 10.2 Å². The van der Waals surface area contributed by atoms with Gasteiger partial charge in [0.05, 0.1) is 24.2 Å². The fourth-order valence-electron chi connectivity index (χ4n) is 3.89. The van der Waals surface area contributed by atoms with Crippen molar-refractivity contribution in [2.45, 2.75) is 33.1 Å². The Morgan fingerprint density at radius 2 is 1.92 bits per heavy atom. The van der Waals surface area contributed by atoms with E-state index in [4.69, 9.17) is 26.1 Å². The quantitative estimate of drug-likeness (QED) is 0.247. The number of anilines is 1. The third-order valence-electron chi connectivity index (χ3n) is 5.83. The second-order valence-corrected chi connectivity index (χ2v) is 11.2. The number of ether oxygens (including phenoxy) is 2. The van der Waals surface area contributed by atoms with Crippen molar-refractivity contribution in [1.82, 2.24) is 9.66 Å². The summed E-state index contributed by atoms with van der Waals surface area (Å²) in [5, 5.41) is 8.14. The summed E-state index contributed by atoms with van der Waals surface area (Å²) in [6, 6.07) is 16.0. The molecule has 0 aliphatic heterocycles. The second-order valence-electron chi connectivity index (χ2n) is 9.89. The monoisotopic (exact) mass is 610 g/mol. The highest BCUT2D eigenvalue weighted by molar-refractivity contribution is 9.10. The standard InChI is InChI=1S/C29H28BrClN4O4/c1-17-8-6-7-9-22(17)33-25(36)16-39-26-18(12-20(31)14-24(26)38-5)15-32-35-27(37)21-13-19(30)10-11-23(21)34-28(35)29(2,3)4/h6-15H,16H2,1-5H3,(H,33,36). The van der Waals surface area contributed by atoms with Crippen molar-refractivity contribution >= 4 is 56.2 Å². The number of fused-ring (bicyclic) bond motifs is 1. The molecule has 3 aromatic carbocycles. The van der Waals surface area contributed by atoms with E-state index >= 15 is 0 Å². The minimum Gasteiger partial charge on any atom is -0.493 e. The lowest BCUT2D eigenvalue weighted by atomic mass is 9.95. The number of halogens is 2. The molecular weight excluding hydrogens is 584 g/mol. The van der Waals surface area contributed by atoms with Gasteiger partial charge in [-0.15, -0.1) is 0 Å². The summed E-state index contributed by atoms with van der Waals surface area (Å²) in [4.78, 5) is 30.9. The lowest BCUT2D eigenvalue weighted by Gasteiger charge is -2.21. The molecule has 8 nitrogen and oxygen atoms in total. The molecule has 0 fully saturated rings. The van der Waals surface area contributed by atoms with Crippen molar-refractivity contribution in [3.05, 3.63) is 91.4 Å². The smallest absolute Gasteiger partial charge is 0.282 e. The van der Waals surface area contributed by atoms with Gasteiger partial charge < -0.3 is 14.8 Å². The molecule has 1 amide bonds. The molecule has 0 atom stereocenters. The second kappa shape index (κ2) is 11.6. The molecule has 1 heterocycles. The number of rotatable bonds is 7. The van der Waals surface area contributed by atoms with Crippen LogP contribution in [0.3, 0.4) is 0 Å². The molecule has 0 aliphatic carbocycles. The first-order valence-corrected chi connectivity index (χ1v) is 13.3. The Kier molecular flexibility index (Phi) is 8.42. The number of benzene rings is 3. The van der Waals surface area contributed by atoms with Crippen LogP contribution in [0.4, 0.5) is 5.69 Å². The number of hydrogen-bond donors (Lipinski definition) is 1. The van der Waals surface area contributed by atoms with E-state index in [1.807, 2.05) is 58.0 Å². The molecular formula is C29H28BrClN4O4. The third kappa shape index (κ3) is 6.49. The number of para-hydroxylation sites is 1. The van der Waals surface area contributed by atoms with Gasteiger partial charge in [0.15, 0.2) is 18.1 Å². The molecule has 0 saturated carbocycles. The van der Waals surface area contributed by atoms with E-state index in [-0.39, 0.29) is 23.8 Å². The van der Waals surface area contributed by atoms with E-state index in [0.717, 1.165) is 10.0 Å². The Morgan fingerprint density at radius 1 is 1.18 bits per heavy atom. The summed E-state index contributed by atoms with van der Waals surface area (Å²) in [5.41, 5.74) is 1.81. The first-order chi connectivity index (χ1) is 18.5. The van der Waals surface area contributed by atoms with Crippen LogP contribution in [0.15, 0.2) is 69.0 Å². The Morgan fingerprint density at radius 3 is 2.62 bits per heavy atom. The summed E-state index contributed by atoms with van der Waals surface area (Å²) in [5.74, 6) is 0.705. The van der Waals surface area contributed by atoms with E-state index in [9.17, 15) is 9.59 Å². The summed E-state index contributed by atoms with van der Waals surface area (Å²) in [6.45, 7) is 7.48. The predicted octanol–water partition coefficient (Wildman–Crippen LogP) is 6.33. The molecule has 202 valence electrons. The van der Waals surface area contributed by atoms with Gasteiger partial charge in [0.25, 0.3) is 11.5 Å². The first kappa shape index (κ1) is 28.3. The zero-order valence-electron chi connectivity index (χ0n) is 22.2. The molecule has 4 rings (SSSR count). The van der Waals surface area contributed by atoms with Gasteiger partial charge in [-0.05, 0) is 42.8 Å². The summed E-state index contributed by atoms with van der Waals surface area (Å²) in [6.07, 6.45) is 1.45. The molecule has 10 heteroatoms. The molecule has 39 heavy (non-hydrogen) atoms. The summed E-state index contributed by atoms with van der Waals surface area (Å²) >= 11 is 9.76. The van der Waals surface area contributed by atoms with Crippen LogP contribution in [0, 0.1) is 6.92 Å². The number of nitrogens with one attached hydrogen (secondary N) is 1. The zero-order chi connectivity index (χ0) is 28.3. The predicted molar refractivity (Wildman–Crippen MR) is 159 cm³/mol. The van der Waals surface area contributed by atoms with Gasteiger partial charge in [-0.2, -0.15) is 9.78 Å². The average Bonchev–Trinajstić information content (AvgIpc) is 2.88. The number of hydrogen-bond acceptors (Lipinski definition) is 6. The number of aryl methyl sites for hydroxylation is 1. The topological polar surface area (TPSA) is 94.8 Å². The maximum Gasteiger partial charge on any atom is 0.282 e. The lowest BCUT2D eigenvalue weighted by molar-refractivity contribution is -0.118. The van der Waals surface area contributed by atoms with Gasteiger partial charge in [-0.3, -0.25) is 9.59 Å². The van der Waals surface area contributed by atoms with E-state index in [2.05, 4.69) is 26.3 Å². The normalized spacial score (nSPS) is 11.7. The van der Waals surface area contributed by atoms with E-state index < -0.39 is 5.41 Å². The molecule has 0 unspecified atom stereocenters. The van der Waals surface area contributed by atoms with Gasteiger partial charge in [0, 0.05) is 32.2 Å². The van der Waals surface area contributed by atoms with Crippen LogP contribution < -0.4 is 20.3 Å². The van der Waals surface area contributed by atoms with E-state index in [0.29, 0.717) is 38.8 Å². The van der Waals surface area contributed by atoms with Crippen LogP contribution in [-0.4, -0.2) is 35.5 Å². The van der Waals surface area contributed by atoms with Crippen molar-refractivity contribution in [3.63, 3.8) is 0 Å². The number of methoxy groups -OCH3 is 1. The molecule has 0 spiro atoms. The van der Waals surface area contributed by atoms with E-state index in [1.165, 1.54) is 18.0 Å². The van der Waals surface area contributed by atoms with Crippen molar-refractivity contribution in [3.8, 4) is 11.5 Å².